The number of rotatable bonds is 0. The van der Waals surface area contributed by atoms with E-state index in [1.807, 2.05) is 0 Å². The maximum absolute atomic E-state index is 3.54. The average molecular weight is 219 g/mol. The van der Waals surface area contributed by atoms with Crippen LogP contribution in [0, 0.1) is 6.92 Å². The van der Waals surface area contributed by atoms with Gasteiger partial charge in [-0.3, -0.25) is 0 Å². The van der Waals surface area contributed by atoms with Crippen LogP contribution in [0.4, 0.5) is 5.69 Å². The highest BCUT2D eigenvalue weighted by molar-refractivity contribution is 5.62. The molecular formula is C15H25N. The number of fused-ring (bicyclic) bond motifs is 1. The van der Waals surface area contributed by atoms with Crippen molar-refractivity contribution >= 4 is 5.69 Å². The Morgan fingerprint density at radius 1 is 1.19 bits per heavy atom. The van der Waals surface area contributed by atoms with E-state index >= 15 is 0 Å². The highest BCUT2D eigenvalue weighted by atomic mass is 14.9. The molecule has 0 amide bonds. The van der Waals surface area contributed by atoms with Crippen LogP contribution in [-0.4, -0.2) is 6.54 Å². The van der Waals surface area contributed by atoms with Crippen LogP contribution in [0.2, 0.25) is 0 Å². The Morgan fingerprint density at radius 3 is 2.50 bits per heavy atom. The Hall–Kier alpha value is -0.980. The van der Waals surface area contributed by atoms with Crippen LogP contribution in [0.5, 0.6) is 0 Å². The number of nitrogens with one attached hydrogen (secondary N) is 1. The molecule has 0 saturated heterocycles. The van der Waals surface area contributed by atoms with Crippen molar-refractivity contribution in [2.24, 2.45) is 0 Å². The van der Waals surface area contributed by atoms with Crippen molar-refractivity contribution in [1.29, 1.82) is 0 Å². The lowest BCUT2D eigenvalue weighted by molar-refractivity contribution is 0.585. The zero-order valence-corrected chi connectivity index (χ0v) is 10.3. The molecule has 0 fully saturated rings. The lowest BCUT2D eigenvalue weighted by atomic mass is 9.82. The van der Waals surface area contributed by atoms with Gasteiger partial charge in [0.2, 0.25) is 0 Å². The maximum atomic E-state index is 3.54. The van der Waals surface area contributed by atoms with E-state index in [4.69, 9.17) is 0 Å². The molecule has 16 heavy (non-hydrogen) atoms. The van der Waals surface area contributed by atoms with E-state index in [1.165, 1.54) is 35.2 Å². The van der Waals surface area contributed by atoms with Crippen LogP contribution < -0.4 is 5.32 Å². The summed E-state index contributed by atoms with van der Waals surface area (Å²) in [6, 6.07) is 4.61. The van der Waals surface area contributed by atoms with Crippen molar-refractivity contribution in [2.75, 3.05) is 11.9 Å². The first kappa shape index (κ1) is 13.1. The highest BCUT2D eigenvalue weighted by Gasteiger charge is 2.20. The minimum Gasteiger partial charge on any atom is -0.385 e. The molecule has 1 aromatic carbocycles. The summed E-state index contributed by atoms with van der Waals surface area (Å²) in [6.07, 6.45) is 2.49. The molecule has 1 aromatic rings. The fourth-order valence-electron chi connectivity index (χ4n) is 2.53. The highest BCUT2D eigenvalue weighted by Crippen LogP contribution is 2.34. The third kappa shape index (κ3) is 2.23. The van der Waals surface area contributed by atoms with Crippen LogP contribution in [0.15, 0.2) is 12.1 Å². The van der Waals surface area contributed by atoms with Crippen LogP contribution in [0.1, 0.15) is 51.3 Å². The molecule has 1 heteroatoms. The molecule has 1 aliphatic rings. The third-order valence-electron chi connectivity index (χ3n) is 3.28. The van der Waals surface area contributed by atoms with Gasteiger partial charge in [0.05, 0.1) is 0 Å². The number of hydrogen-bond acceptors (Lipinski definition) is 1. The summed E-state index contributed by atoms with van der Waals surface area (Å²) in [5.41, 5.74) is 6.05. The van der Waals surface area contributed by atoms with Crippen LogP contribution in [0.25, 0.3) is 0 Å². The lowest BCUT2D eigenvalue weighted by Crippen LogP contribution is -2.18. The van der Waals surface area contributed by atoms with Gasteiger partial charge < -0.3 is 5.32 Å². The molecule has 90 valence electrons. The second kappa shape index (κ2) is 4.48. The molecule has 0 radical (unpaired) electrons. The molecule has 1 heterocycles. The van der Waals surface area contributed by atoms with Gasteiger partial charge in [-0.15, -0.1) is 0 Å². The van der Waals surface area contributed by atoms with Gasteiger partial charge in [-0.05, 0) is 41.9 Å². The normalized spacial score (nSPS) is 14.8. The molecule has 0 saturated carbocycles. The molecule has 1 N–H and O–H groups in total. The smallest absolute Gasteiger partial charge is 0.0405 e. The van der Waals surface area contributed by atoms with E-state index in [2.05, 4.69) is 45.1 Å². The van der Waals surface area contributed by atoms with E-state index in [1.54, 1.807) is 0 Å². The molecule has 0 aromatic heterocycles. The quantitative estimate of drug-likeness (QED) is 0.686. The average Bonchev–Trinajstić information content (AvgIpc) is 2.16. The van der Waals surface area contributed by atoms with Gasteiger partial charge in [0.1, 0.15) is 0 Å². The Labute approximate surface area is 100 Å². The van der Waals surface area contributed by atoms with Crippen LogP contribution in [-0.2, 0) is 11.8 Å². The standard InChI is InChI=1S/C14H21N.CH4/c1-10-12(14(2,3)4)8-7-11-6-5-9-15-13(10)11;/h7-8,15H,5-6,9H2,1-4H3;1H4. The third-order valence-corrected chi connectivity index (χ3v) is 3.28. The van der Waals surface area contributed by atoms with Gasteiger partial charge >= 0.3 is 0 Å². The summed E-state index contributed by atoms with van der Waals surface area (Å²) in [5, 5.41) is 3.54. The Bertz CT molecular complexity index is 372. The molecule has 0 aliphatic carbocycles. The van der Waals surface area contributed by atoms with Crippen LogP contribution in [0.3, 0.4) is 0 Å². The van der Waals surface area contributed by atoms with Gasteiger partial charge in [0.15, 0.2) is 0 Å². The Balaban J connectivity index is 0.00000128. The van der Waals surface area contributed by atoms with Crippen molar-refractivity contribution in [3.8, 4) is 0 Å². The second-order valence-corrected chi connectivity index (χ2v) is 5.55. The van der Waals surface area contributed by atoms with Gasteiger partial charge in [0.25, 0.3) is 0 Å². The first-order chi connectivity index (χ1) is 7.00. The van der Waals surface area contributed by atoms with E-state index in [0.717, 1.165) is 6.54 Å². The molecule has 0 bridgehead atoms. The predicted octanol–water partition coefficient (Wildman–Crippen LogP) is 4.29. The van der Waals surface area contributed by atoms with Crippen molar-refractivity contribution < 1.29 is 0 Å². The van der Waals surface area contributed by atoms with Gasteiger partial charge in [-0.1, -0.05) is 40.3 Å². The fraction of sp³-hybridized carbons (Fsp3) is 0.600. The van der Waals surface area contributed by atoms with Gasteiger partial charge in [-0.2, -0.15) is 0 Å². The summed E-state index contributed by atoms with van der Waals surface area (Å²) < 4.78 is 0. The minimum absolute atomic E-state index is 0. The summed E-state index contributed by atoms with van der Waals surface area (Å²) in [4.78, 5) is 0. The first-order valence-electron chi connectivity index (χ1n) is 5.87. The molecule has 0 atom stereocenters. The number of aryl methyl sites for hydroxylation is 1. The zero-order valence-electron chi connectivity index (χ0n) is 10.3. The topological polar surface area (TPSA) is 12.0 Å². The molecular weight excluding hydrogens is 194 g/mol. The SMILES string of the molecule is C.Cc1c(C(C)(C)C)ccc2c1NCCC2. The Kier molecular flexibility index (Phi) is 3.67. The number of hydrogen-bond donors (Lipinski definition) is 1. The van der Waals surface area contributed by atoms with E-state index < -0.39 is 0 Å². The van der Waals surface area contributed by atoms with E-state index in [-0.39, 0.29) is 12.8 Å². The van der Waals surface area contributed by atoms with Crippen molar-refractivity contribution in [1.82, 2.24) is 0 Å². The van der Waals surface area contributed by atoms with Crippen molar-refractivity contribution in [3.63, 3.8) is 0 Å². The monoisotopic (exact) mass is 219 g/mol. The van der Waals surface area contributed by atoms with Crippen LogP contribution >= 0.6 is 0 Å². The minimum atomic E-state index is 0. The predicted molar refractivity (Wildman–Crippen MR) is 73.4 cm³/mol. The van der Waals surface area contributed by atoms with Crippen molar-refractivity contribution in [2.45, 2.75) is 53.4 Å². The molecule has 1 aliphatic heterocycles. The maximum Gasteiger partial charge on any atom is 0.0405 e. The zero-order chi connectivity index (χ0) is 11.1. The summed E-state index contributed by atoms with van der Waals surface area (Å²) in [5.74, 6) is 0. The summed E-state index contributed by atoms with van der Waals surface area (Å²) >= 11 is 0. The number of anilines is 1. The van der Waals surface area contributed by atoms with Crippen molar-refractivity contribution in [3.05, 3.63) is 28.8 Å². The molecule has 1 nitrogen and oxygen atoms in total. The Morgan fingerprint density at radius 2 is 1.88 bits per heavy atom. The van der Waals surface area contributed by atoms with Gasteiger partial charge in [0, 0.05) is 12.2 Å². The fourth-order valence-corrected chi connectivity index (χ4v) is 2.53. The van der Waals surface area contributed by atoms with E-state index in [0.29, 0.717) is 0 Å². The van der Waals surface area contributed by atoms with E-state index in [9.17, 15) is 0 Å². The molecule has 2 rings (SSSR count). The number of benzene rings is 1. The lowest BCUT2D eigenvalue weighted by Gasteiger charge is -2.27. The summed E-state index contributed by atoms with van der Waals surface area (Å²) in [6.45, 7) is 10.2. The largest absolute Gasteiger partial charge is 0.385 e. The first-order valence-corrected chi connectivity index (χ1v) is 5.87. The summed E-state index contributed by atoms with van der Waals surface area (Å²) in [7, 11) is 0. The van der Waals surface area contributed by atoms with Gasteiger partial charge in [-0.25, -0.2) is 0 Å². The molecule has 0 unspecified atom stereocenters. The second-order valence-electron chi connectivity index (χ2n) is 5.55. The molecule has 0 spiro atoms.